The number of ether oxygens (including phenoxy) is 1. The van der Waals surface area contributed by atoms with E-state index in [1.807, 2.05) is 24.3 Å². The van der Waals surface area contributed by atoms with E-state index in [-0.39, 0.29) is 5.97 Å². The highest BCUT2D eigenvalue weighted by Crippen LogP contribution is 2.40. The molecule has 0 heterocycles. The Kier molecular flexibility index (Phi) is 10.3. The summed E-state index contributed by atoms with van der Waals surface area (Å²) < 4.78 is 5.56. The van der Waals surface area contributed by atoms with E-state index in [9.17, 15) is 4.79 Å². The van der Waals surface area contributed by atoms with Gasteiger partial charge in [0.15, 0.2) is 6.10 Å². The van der Waals surface area contributed by atoms with Gasteiger partial charge in [-0.2, -0.15) is 0 Å². The van der Waals surface area contributed by atoms with Crippen molar-refractivity contribution in [1.29, 1.82) is 0 Å². The van der Waals surface area contributed by atoms with E-state index < -0.39 is 14.2 Å². The zero-order valence-corrected chi connectivity index (χ0v) is 20.6. The average Bonchev–Trinajstić information content (AvgIpc) is 2.64. The molecule has 0 aliphatic heterocycles. The van der Waals surface area contributed by atoms with Crippen molar-refractivity contribution in [3.05, 3.63) is 35.4 Å². The van der Waals surface area contributed by atoms with Crippen LogP contribution < -0.4 is 0 Å². The van der Waals surface area contributed by atoms with Crippen molar-refractivity contribution >= 4 is 14.0 Å². The molecule has 0 aliphatic carbocycles. The summed E-state index contributed by atoms with van der Waals surface area (Å²) in [7, 11) is -1.84. The molecule has 1 aromatic rings. The fraction of sp³-hybridized carbons (Fsp3) is 0.577. The summed E-state index contributed by atoms with van der Waals surface area (Å²) in [6.45, 7) is 17.5. The van der Waals surface area contributed by atoms with Crippen LogP contribution in [0.5, 0.6) is 0 Å². The summed E-state index contributed by atoms with van der Waals surface area (Å²) in [4.78, 5) is 11.7. The Morgan fingerprint density at radius 3 is 2.14 bits per heavy atom. The van der Waals surface area contributed by atoms with Crippen LogP contribution in [0.2, 0.25) is 16.6 Å². The van der Waals surface area contributed by atoms with E-state index in [1.165, 1.54) is 6.92 Å². The molecule has 0 spiro atoms. The maximum absolute atomic E-state index is 11.7. The second kappa shape index (κ2) is 11.9. The second-order valence-corrected chi connectivity index (χ2v) is 14.2. The molecule has 0 N–H and O–H groups in total. The number of unbranched alkanes of at least 4 members (excludes halogenated alkanes) is 2. The minimum atomic E-state index is -1.84. The Morgan fingerprint density at radius 2 is 1.62 bits per heavy atom. The van der Waals surface area contributed by atoms with E-state index in [0.717, 1.165) is 30.4 Å². The van der Waals surface area contributed by atoms with Gasteiger partial charge in [0.25, 0.3) is 0 Å². The molecule has 158 valence electrons. The highest BCUT2D eigenvalue weighted by molar-refractivity contribution is 6.90. The Bertz CT molecular complexity index is 762. The van der Waals surface area contributed by atoms with Crippen LogP contribution in [0.3, 0.4) is 0 Å². The Morgan fingerprint density at radius 1 is 1.03 bits per heavy atom. The zero-order chi connectivity index (χ0) is 22.0. The van der Waals surface area contributed by atoms with Gasteiger partial charge in [0.1, 0.15) is 8.07 Å². The third-order valence-electron chi connectivity index (χ3n) is 5.70. The molecule has 0 bridgehead atoms. The molecule has 0 radical (unpaired) electrons. The number of esters is 1. The van der Waals surface area contributed by atoms with Crippen LogP contribution in [0.25, 0.3) is 0 Å². The second-order valence-electron chi connectivity index (χ2n) is 8.65. The molecule has 0 aliphatic rings. The number of hydrogen-bond donors (Lipinski definition) is 0. The van der Waals surface area contributed by atoms with Crippen LogP contribution in [0, 0.1) is 23.3 Å². The van der Waals surface area contributed by atoms with Gasteiger partial charge < -0.3 is 4.74 Å². The third kappa shape index (κ3) is 6.79. The lowest BCUT2D eigenvalue weighted by Crippen LogP contribution is -2.43. The Labute approximate surface area is 179 Å². The number of rotatable bonds is 7. The van der Waals surface area contributed by atoms with Crippen LogP contribution >= 0.6 is 0 Å². The van der Waals surface area contributed by atoms with Crippen molar-refractivity contribution in [3.8, 4) is 23.3 Å². The van der Waals surface area contributed by atoms with Gasteiger partial charge in [0, 0.05) is 24.5 Å². The predicted octanol–water partition coefficient (Wildman–Crippen LogP) is 7.05. The third-order valence-corrected chi connectivity index (χ3v) is 12.0. The predicted molar refractivity (Wildman–Crippen MR) is 126 cm³/mol. The SMILES string of the molecule is CCCCC#CC(OC(C)=O)c1ccccc1C#C[Si](C(C)C)(C(C)C)C(C)C. The minimum Gasteiger partial charge on any atom is -0.444 e. The lowest BCUT2D eigenvalue weighted by Gasteiger charge is -2.38. The van der Waals surface area contributed by atoms with Gasteiger partial charge in [0.05, 0.1) is 0 Å². The lowest BCUT2D eigenvalue weighted by atomic mass is 10.0. The number of hydrogen-bond acceptors (Lipinski definition) is 2. The molecular weight excluding hydrogens is 372 g/mol. The number of carbonyl (C=O) groups is 1. The van der Waals surface area contributed by atoms with Crippen LogP contribution in [-0.4, -0.2) is 14.0 Å². The average molecular weight is 411 g/mol. The van der Waals surface area contributed by atoms with Crippen molar-refractivity contribution < 1.29 is 9.53 Å². The lowest BCUT2D eigenvalue weighted by molar-refractivity contribution is -0.144. The van der Waals surface area contributed by atoms with Crippen molar-refractivity contribution in [2.75, 3.05) is 0 Å². The molecule has 2 nitrogen and oxygen atoms in total. The number of benzene rings is 1. The van der Waals surface area contributed by atoms with Crippen LogP contribution in [-0.2, 0) is 9.53 Å². The standard InChI is InChI=1S/C26H38O2Si/c1-9-10-11-12-17-26(28-23(8)27)25-16-14-13-15-24(25)18-19-29(20(2)3,21(4)5)22(6)7/h13-16,20-22,26H,9-11H2,1-8H3. The molecule has 3 heteroatoms. The van der Waals surface area contributed by atoms with Gasteiger partial charge in [-0.3, -0.25) is 4.79 Å². The Balaban J connectivity index is 3.44. The first kappa shape index (κ1) is 25.1. The molecule has 0 aromatic heterocycles. The molecule has 1 unspecified atom stereocenters. The Hall–Kier alpha value is -1.97. The quantitative estimate of drug-likeness (QED) is 0.208. The van der Waals surface area contributed by atoms with Gasteiger partial charge in [0.2, 0.25) is 0 Å². The molecule has 0 saturated heterocycles. The van der Waals surface area contributed by atoms with Crippen LogP contribution in [0.4, 0.5) is 0 Å². The minimum absolute atomic E-state index is 0.321. The summed E-state index contributed by atoms with van der Waals surface area (Å²) in [6.07, 6.45) is 2.39. The fourth-order valence-corrected chi connectivity index (χ4v) is 9.43. The van der Waals surface area contributed by atoms with E-state index in [4.69, 9.17) is 4.74 Å². The van der Waals surface area contributed by atoms with Crippen LogP contribution in [0.1, 0.15) is 91.9 Å². The van der Waals surface area contributed by atoms with E-state index in [2.05, 4.69) is 71.8 Å². The smallest absolute Gasteiger partial charge is 0.304 e. The summed E-state index contributed by atoms with van der Waals surface area (Å²) in [5.74, 6) is 9.52. The molecular formula is C26H38O2Si. The summed E-state index contributed by atoms with van der Waals surface area (Å²) >= 11 is 0. The molecule has 29 heavy (non-hydrogen) atoms. The number of carbonyl (C=O) groups excluding carboxylic acids is 1. The molecule has 0 saturated carbocycles. The maximum atomic E-state index is 11.7. The van der Waals surface area contributed by atoms with E-state index in [1.54, 1.807) is 0 Å². The first-order valence-electron chi connectivity index (χ1n) is 10.9. The summed E-state index contributed by atoms with van der Waals surface area (Å²) in [5, 5.41) is 0. The van der Waals surface area contributed by atoms with Crippen LogP contribution in [0.15, 0.2) is 24.3 Å². The highest BCUT2D eigenvalue weighted by Gasteiger charge is 2.41. The normalized spacial score (nSPS) is 12.2. The zero-order valence-electron chi connectivity index (χ0n) is 19.6. The molecule has 1 atom stereocenters. The molecule has 1 aromatic carbocycles. The summed E-state index contributed by atoms with van der Waals surface area (Å²) in [5.41, 5.74) is 7.29. The first-order chi connectivity index (χ1) is 13.7. The van der Waals surface area contributed by atoms with Crippen molar-refractivity contribution in [1.82, 2.24) is 0 Å². The van der Waals surface area contributed by atoms with Gasteiger partial charge in [-0.1, -0.05) is 90.8 Å². The monoisotopic (exact) mass is 410 g/mol. The van der Waals surface area contributed by atoms with Gasteiger partial charge >= 0.3 is 5.97 Å². The fourth-order valence-electron chi connectivity index (χ4n) is 4.21. The van der Waals surface area contributed by atoms with Crippen molar-refractivity contribution in [2.24, 2.45) is 0 Å². The van der Waals surface area contributed by atoms with Gasteiger partial charge in [-0.25, -0.2) is 0 Å². The molecule has 0 fully saturated rings. The van der Waals surface area contributed by atoms with Gasteiger partial charge in [-0.05, 0) is 29.1 Å². The summed E-state index contributed by atoms with van der Waals surface area (Å²) in [6, 6.07) is 7.96. The largest absolute Gasteiger partial charge is 0.444 e. The van der Waals surface area contributed by atoms with Crippen molar-refractivity contribution in [2.45, 2.75) is 97.4 Å². The van der Waals surface area contributed by atoms with E-state index in [0.29, 0.717) is 16.6 Å². The first-order valence-corrected chi connectivity index (χ1v) is 13.2. The molecule has 0 amide bonds. The van der Waals surface area contributed by atoms with E-state index >= 15 is 0 Å². The maximum Gasteiger partial charge on any atom is 0.304 e. The molecule has 1 rings (SSSR count). The van der Waals surface area contributed by atoms with Gasteiger partial charge in [-0.15, -0.1) is 5.54 Å². The topological polar surface area (TPSA) is 26.3 Å². The highest BCUT2D eigenvalue weighted by atomic mass is 28.3. The van der Waals surface area contributed by atoms with Crippen molar-refractivity contribution in [3.63, 3.8) is 0 Å².